The number of carbonyl (C=O) groups is 2. The van der Waals surface area contributed by atoms with E-state index in [2.05, 4.69) is 23.8 Å². The number of carboxylic acid groups (broad SMARTS) is 1. The van der Waals surface area contributed by atoms with Gasteiger partial charge in [-0.15, -0.1) is 13.2 Å². The number of carboxylic acids is 1. The van der Waals surface area contributed by atoms with Crippen LogP contribution < -0.4 is 16.4 Å². The van der Waals surface area contributed by atoms with Crippen LogP contribution in [0.25, 0.3) is 11.1 Å². The van der Waals surface area contributed by atoms with Gasteiger partial charge in [0.2, 0.25) is 5.91 Å². The molecule has 1 amide bonds. The lowest BCUT2D eigenvalue weighted by Crippen LogP contribution is -2.59. The Morgan fingerprint density at radius 2 is 1.76 bits per heavy atom. The van der Waals surface area contributed by atoms with E-state index >= 15 is 0 Å². The molecule has 7 heteroatoms. The molecule has 0 spiro atoms. The molecule has 0 aromatic heterocycles. The number of hydrogen-bond acceptors (Lipinski definition) is 4. The average Bonchev–Trinajstić information content (AvgIpc) is 3.18. The van der Waals surface area contributed by atoms with Gasteiger partial charge in [0, 0.05) is 24.4 Å². The fourth-order valence-corrected chi connectivity index (χ4v) is 4.29. The summed E-state index contributed by atoms with van der Waals surface area (Å²) in [6.07, 6.45) is 6.49. The lowest BCUT2D eigenvalue weighted by Gasteiger charge is -2.27. The summed E-state index contributed by atoms with van der Waals surface area (Å²) >= 11 is 5.99. The Balaban J connectivity index is 1.75. The molecule has 0 heterocycles. The number of rotatable bonds is 11. The van der Waals surface area contributed by atoms with E-state index < -0.39 is 23.5 Å². The first-order valence-electron chi connectivity index (χ1n) is 11.1. The van der Waals surface area contributed by atoms with Crippen LogP contribution in [0.15, 0.2) is 79.5 Å². The zero-order valence-corrected chi connectivity index (χ0v) is 19.8. The molecule has 2 aromatic carbocycles. The zero-order chi connectivity index (χ0) is 24.7. The Morgan fingerprint density at radius 1 is 1.09 bits per heavy atom. The number of fused-ring (bicyclic) bond motifs is 1. The summed E-state index contributed by atoms with van der Waals surface area (Å²) in [7, 11) is 0. The molecule has 1 aliphatic carbocycles. The molecule has 0 saturated carbocycles. The Morgan fingerprint density at radius 3 is 2.41 bits per heavy atom. The van der Waals surface area contributed by atoms with E-state index in [9.17, 15) is 14.7 Å². The predicted molar refractivity (Wildman–Crippen MR) is 136 cm³/mol. The summed E-state index contributed by atoms with van der Waals surface area (Å²) in [5, 5.41) is 16.6. The fourth-order valence-electron chi connectivity index (χ4n) is 4.17. The maximum absolute atomic E-state index is 12.9. The van der Waals surface area contributed by atoms with Crippen molar-refractivity contribution in [3.63, 3.8) is 0 Å². The molecule has 5 N–H and O–H groups in total. The van der Waals surface area contributed by atoms with Gasteiger partial charge in [0.05, 0.1) is 6.04 Å². The van der Waals surface area contributed by atoms with Crippen LogP contribution >= 0.6 is 11.6 Å². The third-order valence-electron chi connectivity index (χ3n) is 5.93. The molecule has 2 aromatic rings. The minimum atomic E-state index is -1.43. The normalized spacial score (nSPS) is 18.0. The van der Waals surface area contributed by atoms with Crippen molar-refractivity contribution in [1.82, 2.24) is 10.6 Å². The summed E-state index contributed by atoms with van der Waals surface area (Å²) in [4.78, 5) is 25.3. The van der Waals surface area contributed by atoms with Crippen LogP contribution in [-0.2, 0) is 22.4 Å². The SMILES string of the molecule is C=CCN/C=C(\CC=C)CC(N)C(=O)NC1(C(=O)O)Cc2ccc(-c3ccc(Cl)cc3)cc2C1. The molecule has 3 rings (SSSR count). The van der Waals surface area contributed by atoms with Gasteiger partial charge in [-0.3, -0.25) is 4.79 Å². The zero-order valence-electron chi connectivity index (χ0n) is 19.0. The van der Waals surface area contributed by atoms with Gasteiger partial charge in [-0.05, 0) is 59.0 Å². The van der Waals surface area contributed by atoms with Crippen LogP contribution in [0.3, 0.4) is 0 Å². The third-order valence-corrected chi connectivity index (χ3v) is 6.19. The van der Waals surface area contributed by atoms with Crippen molar-refractivity contribution in [1.29, 1.82) is 0 Å². The highest BCUT2D eigenvalue weighted by Gasteiger charge is 2.46. The quantitative estimate of drug-likeness (QED) is 0.288. The first-order chi connectivity index (χ1) is 16.3. The molecule has 0 saturated heterocycles. The topological polar surface area (TPSA) is 104 Å². The van der Waals surface area contributed by atoms with Gasteiger partial charge in [-0.25, -0.2) is 4.79 Å². The first kappa shape index (κ1) is 25.3. The maximum atomic E-state index is 12.9. The lowest BCUT2D eigenvalue weighted by molar-refractivity contribution is -0.147. The molecule has 34 heavy (non-hydrogen) atoms. The molecule has 6 nitrogen and oxygen atoms in total. The van der Waals surface area contributed by atoms with E-state index in [1.54, 1.807) is 18.4 Å². The lowest BCUT2D eigenvalue weighted by atomic mass is 9.94. The fraction of sp³-hybridized carbons (Fsp3) is 0.259. The molecule has 2 atom stereocenters. The molecule has 1 aliphatic rings. The minimum Gasteiger partial charge on any atom is -0.479 e. The van der Waals surface area contributed by atoms with Crippen LogP contribution in [0.5, 0.6) is 0 Å². The van der Waals surface area contributed by atoms with Crippen molar-refractivity contribution in [2.45, 2.75) is 37.3 Å². The van der Waals surface area contributed by atoms with E-state index in [4.69, 9.17) is 17.3 Å². The summed E-state index contributed by atoms with van der Waals surface area (Å²) in [6.45, 7) is 7.98. The molecular weight excluding hydrogens is 450 g/mol. The molecule has 2 unspecified atom stereocenters. The number of carbonyl (C=O) groups excluding carboxylic acids is 1. The predicted octanol–water partition coefficient (Wildman–Crippen LogP) is 4.00. The molecular formula is C27H30ClN3O3. The van der Waals surface area contributed by atoms with Crippen molar-refractivity contribution >= 4 is 23.5 Å². The second kappa shape index (κ2) is 11.2. The average molecular weight is 480 g/mol. The van der Waals surface area contributed by atoms with Crippen molar-refractivity contribution in [2.24, 2.45) is 5.73 Å². The standard InChI is InChI=1S/C27H30ClN3O3/c1-3-5-18(17-30-12-4-2)13-24(29)25(32)31-27(26(33)34)15-21-7-6-20(14-22(21)16-27)19-8-10-23(28)11-9-19/h3-4,6-11,14,17,24,30H,1-2,5,12-13,15-16,29H2,(H,31,32)(H,33,34)/b18-17+. The van der Waals surface area contributed by atoms with Crippen molar-refractivity contribution in [2.75, 3.05) is 6.54 Å². The van der Waals surface area contributed by atoms with Crippen LogP contribution in [0, 0.1) is 0 Å². The monoisotopic (exact) mass is 479 g/mol. The van der Waals surface area contributed by atoms with E-state index in [1.807, 2.05) is 42.5 Å². The Labute approximate surface area is 205 Å². The summed E-state index contributed by atoms with van der Waals surface area (Å²) in [5.74, 6) is -1.57. The van der Waals surface area contributed by atoms with Gasteiger partial charge in [0.15, 0.2) is 0 Å². The highest BCUT2D eigenvalue weighted by Crippen LogP contribution is 2.34. The van der Waals surface area contributed by atoms with Gasteiger partial charge in [-0.1, -0.05) is 54.1 Å². The number of aliphatic carboxylic acids is 1. The number of hydrogen-bond donors (Lipinski definition) is 4. The van der Waals surface area contributed by atoms with E-state index in [0.29, 0.717) is 18.0 Å². The number of benzene rings is 2. The Hall–Kier alpha value is -3.35. The smallest absolute Gasteiger partial charge is 0.330 e. The first-order valence-corrected chi connectivity index (χ1v) is 11.5. The maximum Gasteiger partial charge on any atom is 0.330 e. The van der Waals surface area contributed by atoms with Gasteiger partial charge in [0.1, 0.15) is 5.54 Å². The van der Waals surface area contributed by atoms with E-state index in [-0.39, 0.29) is 19.3 Å². The van der Waals surface area contributed by atoms with Gasteiger partial charge >= 0.3 is 5.97 Å². The van der Waals surface area contributed by atoms with Gasteiger partial charge in [-0.2, -0.15) is 0 Å². The number of halogens is 1. The Kier molecular flexibility index (Phi) is 8.31. The van der Waals surface area contributed by atoms with Crippen molar-refractivity contribution < 1.29 is 14.7 Å². The van der Waals surface area contributed by atoms with E-state index in [1.165, 1.54) is 0 Å². The van der Waals surface area contributed by atoms with Crippen LogP contribution in [0.2, 0.25) is 5.02 Å². The van der Waals surface area contributed by atoms with Crippen LogP contribution in [0.1, 0.15) is 24.0 Å². The Bertz CT molecular complexity index is 1110. The summed E-state index contributed by atoms with van der Waals surface area (Å²) < 4.78 is 0. The van der Waals surface area contributed by atoms with Crippen molar-refractivity contribution in [3.05, 3.63) is 95.7 Å². The number of amides is 1. The number of allylic oxidation sites excluding steroid dienone is 1. The minimum absolute atomic E-state index is 0.188. The molecule has 0 bridgehead atoms. The van der Waals surface area contributed by atoms with Crippen molar-refractivity contribution in [3.8, 4) is 11.1 Å². The highest BCUT2D eigenvalue weighted by atomic mass is 35.5. The van der Waals surface area contributed by atoms with Crippen LogP contribution in [0.4, 0.5) is 0 Å². The van der Waals surface area contributed by atoms with E-state index in [0.717, 1.165) is 27.8 Å². The molecule has 0 fully saturated rings. The number of nitrogens with one attached hydrogen (secondary N) is 2. The largest absolute Gasteiger partial charge is 0.479 e. The second-order valence-corrected chi connectivity index (χ2v) is 8.96. The highest BCUT2D eigenvalue weighted by molar-refractivity contribution is 6.30. The summed E-state index contributed by atoms with van der Waals surface area (Å²) in [5.41, 5.74) is 9.37. The molecule has 178 valence electrons. The third kappa shape index (κ3) is 5.95. The van der Waals surface area contributed by atoms with Crippen LogP contribution in [-0.4, -0.2) is 35.1 Å². The van der Waals surface area contributed by atoms with Gasteiger partial charge in [0.25, 0.3) is 0 Å². The summed E-state index contributed by atoms with van der Waals surface area (Å²) in [6, 6.07) is 12.4. The second-order valence-electron chi connectivity index (χ2n) is 8.52. The molecule has 0 radical (unpaired) electrons. The van der Waals surface area contributed by atoms with Gasteiger partial charge < -0.3 is 21.5 Å². The number of nitrogens with two attached hydrogens (primary N) is 1. The molecule has 0 aliphatic heterocycles.